The van der Waals surface area contributed by atoms with Crippen LogP contribution < -0.4 is 5.32 Å². The van der Waals surface area contributed by atoms with Gasteiger partial charge in [0, 0.05) is 6.04 Å². The lowest BCUT2D eigenvalue weighted by atomic mass is 9.95. The number of aryl methyl sites for hydroxylation is 1. The highest BCUT2D eigenvalue weighted by Gasteiger charge is 2.15. The molecule has 0 bridgehead atoms. The zero-order valence-corrected chi connectivity index (χ0v) is 12.2. The number of halogens is 1. The van der Waals surface area contributed by atoms with Crippen molar-refractivity contribution in [3.63, 3.8) is 0 Å². The Hall–Kier alpha value is -1.67. The molecule has 0 saturated heterocycles. The van der Waals surface area contributed by atoms with Crippen molar-refractivity contribution in [3.8, 4) is 0 Å². The highest BCUT2D eigenvalue weighted by atomic mass is 19.1. The first-order valence-electron chi connectivity index (χ1n) is 7.24. The molecule has 2 rings (SSSR count). The predicted octanol–water partition coefficient (Wildman–Crippen LogP) is 4.42. The van der Waals surface area contributed by atoms with Crippen molar-refractivity contribution in [2.45, 2.75) is 32.7 Å². The molecule has 2 heteroatoms. The highest BCUT2D eigenvalue weighted by Crippen LogP contribution is 2.23. The lowest BCUT2D eigenvalue weighted by Gasteiger charge is -2.21. The average molecular weight is 271 g/mol. The van der Waals surface area contributed by atoms with E-state index in [1.807, 2.05) is 24.3 Å². The molecule has 1 atom stereocenters. The van der Waals surface area contributed by atoms with Crippen LogP contribution in [0.4, 0.5) is 4.39 Å². The molecule has 0 fully saturated rings. The molecule has 2 aromatic rings. The Morgan fingerprint density at radius 3 is 2.45 bits per heavy atom. The number of hydrogen-bond donors (Lipinski definition) is 1. The second kappa shape index (κ2) is 7.20. The summed E-state index contributed by atoms with van der Waals surface area (Å²) in [4.78, 5) is 0. The summed E-state index contributed by atoms with van der Waals surface area (Å²) in [6.07, 6.45) is 1.75. The monoisotopic (exact) mass is 271 g/mol. The maximum absolute atomic E-state index is 13.9. The SMILES string of the molecule is CCCNC(Cc1ccccc1F)c1ccccc1C. The first kappa shape index (κ1) is 14.7. The maximum Gasteiger partial charge on any atom is 0.126 e. The van der Waals surface area contributed by atoms with Gasteiger partial charge in [-0.2, -0.15) is 0 Å². The van der Waals surface area contributed by atoms with E-state index in [1.165, 1.54) is 17.2 Å². The first-order valence-corrected chi connectivity index (χ1v) is 7.24. The number of rotatable bonds is 6. The summed E-state index contributed by atoms with van der Waals surface area (Å²) < 4.78 is 13.9. The molecule has 0 saturated carbocycles. The van der Waals surface area contributed by atoms with Gasteiger partial charge in [-0.3, -0.25) is 0 Å². The van der Waals surface area contributed by atoms with Gasteiger partial charge in [-0.15, -0.1) is 0 Å². The minimum absolute atomic E-state index is 0.121. The second-order valence-electron chi connectivity index (χ2n) is 5.16. The molecule has 1 N–H and O–H groups in total. The van der Waals surface area contributed by atoms with Gasteiger partial charge in [-0.25, -0.2) is 4.39 Å². The fraction of sp³-hybridized carbons (Fsp3) is 0.333. The zero-order chi connectivity index (χ0) is 14.4. The average Bonchev–Trinajstić information content (AvgIpc) is 2.46. The van der Waals surface area contributed by atoms with E-state index >= 15 is 0 Å². The van der Waals surface area contributed by atoms with E-state index < -0.39 is 0 Å². The van der Waals surface area contributed by atoms with E-state index in [-0.39, 0.29) is 11.9 Å². The number of hydrogen-bond acceptors (Lipinski definition) is 1. The van der Waals surface area contributed by atoms with Gasteiger partial charge in [0.15, 0.2) is 0 Å². The fourth-order valence-electron chi connectivity index (χ4n) is 2.47. The normalized spacial score (nSPS) is 12.3. The molecule has 0 aliphatic carbocycles. The molecular weight excluding hydrogens is 249 g/mol. The molecule has 1 nitrogen and oxygen atoms in total. The van der Waals surface area contributed by atoms with Crippen LogP contribution in [0.2, 0.25) is 0 Å². The summed E-state index contributed by atoms with van der Waals surface area (Å²) in [5.74, 6) is -0.121. The van der Waals surface area contributed by atoms with Gasteiger partial charge in [0.2, 0.25) is 0 Å². The third-order valence-corrected chi connectivity index (χ3v) is 3.59. The van der Waals surface area contributed by atoms with Crippen LogP contribution in [-0.2, 0) is 6.42 Å². The first-order chi connectivity index (χ1) is 9.72. The van der Waals surface area contributed by atoms with Crippen LogP contribution in [0.3, 0.4) is 0 Å². The third kappa shape index (κ3) is 3.67. The van der Waals surface area contributed by atoms with E-state index in [2.05, 4.69) is 31.3 Å². The largest absolute Gasteiger partial charge is 0.310 e. The quantitative estimate of drug-likeness (QED) is 0.820. The predicted molar refractivity (Wildman–Crippen MR) is 82.3 cm³/mol. The molecule has 0 spiro atoms. The topological polar surface area (TPSA) is 12.0 Å². The van der Waals surface area contributed by atoms with Crippen LogP contribution in [0.5, 0.6) is 0 Å². The van der Waals surface area contributed by atoms with Crippen LogP contribution >= 0.6 is 0 Å². The Morgan fingerprint density at radius 1 is 1.05 bits per heavy atom. The number of nitrogens with one attached hydrogen (secondary N) is 1. The molecule has 0 aromatic heterocycles. The summed E-state index contributed by atoms with van der Waals surface area (Å²) >= 11 is 0. The van der Waals surface area contributed by atoms with Gasteiger partial charge < -0.3 is 5.32 Å². The minimum Gasteiger partial charge on any atom is -0.310 e. The van der Waals surface area contributed by atoms with Crippen molar-refractivity contribution in [1.82, 2.24) is 5.32 Å². The molecule has 0 aliphatic rings. The Kier molecular flexibility index (Phi) is 5.31. The fourth-order valence-corrected chi connectivity index (χ4v) is 2.47. The third-order valence-electron chi connectivity index (χ3n) is 3.59. The summed E-state index contributed by atoms with van der Waals surface area (Å²) in [5, 5.41) is 3.54. The summed E-state index contributed by atoms with van der Waals surface area (Å²) in [6, 6.07) is 15.5. The summed E-state index contributed by atoms with van der Waals surface area (Å²) in [5.41, 5.74) is 3.27. The summed E-state index contributed by atoms with van der Waals surface area (Å²) in [6.45, 7) is 5.19. The number of benzene rings is 2. The van der Waals surface area contributed by atoms with Gasteiger partial charge in [-0.05, 0) is 49.1 Å². The van der Waals surface area contributed by atoms with Gasteiger partial charge in [0.05, 0.1) is 0 Å². The van der Waals surface area contributed by atoms with Crippen LogP contribution in [0.1, 0.15) is 36.1 Å². The van der Waals surface area contributed by atoms with Crippen molar-refractivity contribution in [2.75, 3.05) is 6.54 Å². The molecule has 20 heavy (non-hydrogen) atoms. The van der Waals surface area contributed by atoms with E-state index in [9.17, 15) is 4.39 Å². The van der Waals surface area contributed by atoms with Crippen molar-refractivity contribution < 1.29 is 4.39 Å². The van der Waals surface area contributed by atoms with Gasteiger partial charge in [0.25, 0.3) is 0 Å². The van der Waals surface area contributed by atoms with E-state index in [4.69, 9.17) is 0 Å². The molecule has 2 aromatic carbocycles. The van der Waals surface area contributed by atoms with Crippen LogP contribution in [0.25, 0.3) is 0 Å². The molecule has 0 amide bonds. The van der Waals surface area contributed by atoms with Gasteiger partial charge >= 0.3 is 0 Å². The van der Waals surface area contributed by atoms with Gasteiger partial charge in [-0.1, -0.05) is 49.4 Å². The second-order valence-corrected chi connectivity index (χ2v) is 5.16. The standard InChI is InChI=1S/C18H22FN/c1-3-12-20-18(16-10-6-4-8-14(16)2)13-15-9-5-7-11-17(15)19/h4-11,18,20H,3,12-13H2,1-2H3. The molecule has 0 radical (unpaired) electrons. The lowest BCUT2D eigenvalue weighted by molar-refractivity contribution is 0.511. The highest BCUT2D eigenvalue weighted by molar-refractivity contribution is 5.31. The minimum atomic E-state index is -0.121. The van der Waals surface area contributed by atoms with Crippen LogP contribution in [-0.4, -0.2) is 6.54 Å². The maximum atomic E-state index is 13.9. The van der Waals surface area contributed by atoms with E-state index in [0.29, 0.717) is 6.42 Å². The van der Waals surface area contributed by atoms with Crippen molar-refractivity contribution in [2.24, 2.45) is 0 Å². The Morgan fingerprint density at radius 2 is 1.75 bits per heavy atom. The Balaban J connectivity index is 2.24. The molecular formula is C18H22FN. The molecule has 0 heterocycles. The lowest BCUT2D eigenvalue weighted by Crippen LogP contribution is -2.25. The molecule has 0 aliphatic heterocycles. The molecule has 106 valence electrons. The van der Waals surface area contributed by atoms with Crippen LogP contribution in [0.15, 0.2) is 48.5 Å². The van der Waals surface area contributed by atoms with Gasteiger partial charge in [0.1, 0.15) is 5.82 Å². The Bertz CT molecular complexity index is 551. The van der Waals surface area contributed by atoms with Crippen molar-refractivity contribution >= 4 is 0 Å². The summed E-state index contributed by atoms with van der Waals surface area (Å²) in [7, 11) is 0. The Labute approximate surface area is 120 Å². The zero-order valence-electron chi connectivity index (χ0n) is 12.2. The van der Waals surface area contributed by atoms with E-state index in [1.54, 1.807) is 6.07 Å². The molecule has 1 unspecified atom stereocenters. The van der Waals surface area contributed by atoms with E-state index in [0.717, 1.165) is 18.5 Å². The smallest absolute Gasteiger partial charge is 0.126 e. The van der Waals surface area contributed by atoms with Crippen molar-refractivity contribution in [1.29, 1.82) is 0 Å². The van der Waals surface area contributed by atoms with Crippen molar-refractivity contribution in [3.05, 3.63) is 71.0 Å². The van der Waals surface area contributed by atoms with Crippen LogP contribution in [0, 0.1) is 12.7 Å².